The topological polar surface area (TPSA) is 85.4 Å². The van der Waals surface area contributed by atoms with Crippen LogP contribution in [-0.4, -0.2) is 74.8 Å². The number of H-pyrrole nitrogens is 1. The number of piperidine rings is 2. The fourth-order valence-corrected chi connectivity index (χ4v) is 7.45. The molecule has 8 nitrogen and oxygen atoms in total. The Kier molecular flexibility index (Phi) is 5.74. The summed E-state index contributed by atoms with van der Waals surface area (Å²) in [5, 5.41) is 0.364. The molecule has 1 aliphatic carbocycles. The maximum atomic E-state index is 14.3. The van der Waals surface area contributed by atoms with Crippen LogP contribution in [0, 0.1) is 0 Å². The number of hydrogen-bond acceptors (Lipinski definition) is 5. The van der Waals surface area contributed by atoms with Crippen LogP contribution < -0.4 is 4.90 Å². The molecule has 38 heavy (non-hydrogen) atoms. The van der Waals surface area contributed by atoms with Gasteiger partial charge in [-0.25, -0.2) is 9.97 Å². The molecular weight excluding hydrogens is 500 g/mol. The molecule has 3 fully saturated rings. The number of aromatic amines is 1. The molecule has 7 rings (SSSR count). The Morgan fingerprint density at radius 1 is 1.05 bits per heavy atom. The molecule has 1 saturated carbocycles. The number of anilines is 1. The molecule has 2 saturated heterocycles. The summed E-state index contributed by atoms with van der Waals surface area (Å²) in [6.07, 6.45) is 8.89. The monoisotopic (exact) mass is 532 g/mol. The van der Waals surface area contributed by atoms with Crippen molar-refractivity contribution < 1.29 is 9.59 Å². The van der Waals surface area contributed by atoms with Crippen LogP contribution in [0.1, 0.15) is 57.4 Å². The van der Waals surface area contributed by atoms with Crippen molar-refractivity contribution in [3.63, 3.8) is 0 Å². The number of nitrogens with one attached hydrogen (secondary N) is 1. The Hall–Kier alpha value is -2.97. The summed E-state index contributed by atoms with van der Waals surface area (Å²) in [7, 11) is 0. The number of imidazole rings is 1. The predicted octanol–water partition coefficient (Wildman–Crippen LogP) is 4.52. The zero-order chi connectivity index (χ0) is 26.0. The number of carbonyl (C=O) groups excluding carboxylic acids is 2. The van der Waals surface area contributed by atoms with E-state index < -0.39 is 5.41 Å². The van der Waals surface area contributed by atoms with E-state index in [1.165, 1.54) is 32.4 Å². The van der Waals surface area contributed by atoms with Gasteiger partial charge < -0.3 is 19.7 Å². The summed E-state index contributed by atoms with van der Waals surface area (Å²) in [5.74, 6) is 0.295. The number of nitrogens with zero attached hydrogens (tertiary/aromatic N) is 5. The van der Waals surface area contributed by atoms with Crippen LogP contribution in [-0.2, 0) is 15.0 Å². The molecule has 1 aromatic carbocycles. The molecule has 9 heteroatoms. The maximum Gasteiger partial charge on any atom is 0.238 e. The van der Waals surface area contributed by atoms with Crippen LogP contribution in [0.4, 0.5) is 5.69 Å². The number of halogens is 1. The third-order valence-electron chi connectivity index (χ3n) is 9.48. The minimum absolute atomic E-state index is 0.0817. The summed E-state index contributed by atoms with van der Waals surface area (Å²) in [4.78, 5) is 45.0. The van der Waals surface area contributed by atoms with E-state index >= 15 is 0 Å². The lowest BCUT2D eigenvalue weighted by Crippen LogP contribution is -2.58. The van der Waals surface area contributed by atoms with Crippen LogP contribution >= 0.6 is 11.6 Å². The lowest BCUT2D eigenvalue weighted by atomic mass is 9.73. The van der Waals surface area contributed by atoms with Gasteiger partial charge in [0.1, 0.15) is 5.52 Å². The maximum absolute atomic E-state index is 14.3. The second-order valence-electron chi connectivity index (χ2n) is 11.5. The number of hydrogen-bond donors (Lipinski definition) is 1. The van der Waals surface area contributed by atoms with Crippen LogP contribution in [0.2, 0.25) is 5.15 Å². The molecule has 0 radical (unpaired) electrons. The van der Waals surface area contributed by atoms with E-state index in [4.69, 9.17) is 11.6 Å². The van der Waals surface area contributed by atoms with E-state index in [-0.39, 0.29) is 17.9 Å². The molecule has 2 amide bonds. The van der Waals surface area contributed by atoms with Gasteiger partial charge in [0, 0.05) is 43.3 Å². The fraction of sp³-hybridized carbons (Fsp3) is 0.517. The summed E-state index contributed by atoms with van der Waals surface area (Å²) < 4.78 is 0. The number of carbonyl (C=O) groups is 2. The average molecular weight is 533 g/mol. The molecule has 198 valence electrons. The highest BCUT2D eigenvalue weighted by Gasteiger charge is 2.55. The number of amides is 2. The smallest absolute Gasteiger partial charge is 0.238 e. The fourth-order valence-electron chi connectivity index (χ4n) is 7.21. The van der Waals surface area contributed by atoms with E-state index in [0.29, 0.717) is 42.6 Å². The third kappa shape index (κ3) is 3.67. The third-order valence-corrected chi connectivity index (χ3v) is 9.75. The molecule has 2 aromatic heterocycles. The molecule has 0 atom stereocenters. The molecule has 3 aromatic rings. The molecule has 3 aliphatic heterocycles. The van der Waals surface area contributed by atoms with Gasteiger partial charge in [0.2, 0.25) is 11.8 Å². The first kappa shape index (κ1) is 24.1. The normalized spacial score (nSPS) is 25.2. The predicted molar refractivity (Wildman–Crippen MR) is 147 cm³/mol. The number of benzene rings is 1. The highest BCUT2D eigenvalue weighted by atomic mass is 35.5. The van der Waals surface area contributed by atoms with Gasteiger partial charge >= 0.3 is 0 Å². The van der Waals surface area contributed by atoms with Crippen molar-refractivity contribution in [3.8, 4) is 11.3 Å². The Balaban J connectivity index is 1.25. The summed E-state index contributed by atoms with van der Waals surface area (Å²) >= 11 is 6.46. The van der Waals surface area contributed by atoms with Gasteiger partial charge in [0.05, 0.1) is 23.0 Å². The molecule has 1 N–H and O–H groups in total. The van der Waals surface area contributed by atoms with E-state index in [0.717, 1.165) is 40.9 Å². The second-order valence-corrected chi connectivity index (χ2v) is 11.8. The molecule has 1 spiro atoms. The SMILES string of the molecule is CC(=O)N1CCC2(CC1)C(=O)N(C1CC(N3CCCCC3)C1)c1cc(-c3cc4[nH]cnc4c(Cl)n3)ccc12. The minimum atomic E-state index is -0.561. The first-order valence-corrected chi connectivity index (χ1v) is 14.3. The van der Waals surface area contributed by atoms with Crippen molar-refractivity contribution >= 4 is 40.1 Å². The molecule has 5 heterocycles. The summed E-state index contributed by atoms with van der Waals surface area (Å²) in [6.45, 7) is 5.21. The highest BCUT2D eigenvalue weighted by molar-refractivity contribution is 6.33. The van der Waals surface area contributed by atoms with Gasteiger partial charge in [-0.15, -0.1) is 0 Å². The Morgan fingerprint density at radius 3 is 2.55 bits per heavy atom. The van der Waals surface area contributed by atoms with Crippen LogP contribution in [0.15, 0.2) is 30.6 Å². The lowest BCUT2D eigenvalue weighted by molar-refractivity contribution is -0.134. The van der Waals surface area contributed by atoms with Crippen LogP contribution in [0.25, 0.3) is 22.3 Å². The molecular formula is C29H33ClN6O2. The van der Waals surface area contributed by atoms with Crippen molar-refractivity contribution in [3.05, 3.63) is 41.3 Å². The first-order valence-electron chi connectivity index (χ1n) is 13.9. The van der Waals surface area contributed by atoms with Gasteiger partial charge in [0.25, 0.3) is 0 Å². The average Bonchev–Trinajstić information content (AvgIpc) is 3.47. The highest BCUT2D eigenvalue weighted by Crippen LogP contribution is 2.52. The van der Waals surface area contributed by atoms with Crippen LogP contribution in [0.3, 0.4) is 0 Å². The van der Waals surface area contributed by atoms with E-state index in [9.17, 15) is 9.59 Å². The van der Waals surface area contributed by atoms with Crippen molar-refractivity contribution in [2.75, 3.05) is 31.1 Å². The molecule has 4 aliphatic rings. The van der Waals surface area contributed by atoms with Gasteiger partial charge in [0.15, 0.2) is 5.15 Å². The van der Waals surface area contributed by atoms with E-state index in [1.54, 1.807) is 13.3 Å². The molecule has 0 unspecified atom stereocenters. The van der Waals surface area contributed by atoms with Gasteiger partial charge in [-0.3, -0.25) is 9.59 Å². The largest absolute Gasteiger partial charge is 0.344 e. The number of rotatable bonds is 3. The zero-order valence-corrected chi connectivity index (χ0v) is 22.5. The summed E-state index contributed by atoms with van der Waals surface area (Å²) in [5.41, 5.74) is 4.74. The standard InChI is InChI=1S/C29H33ClN6O2/c1-18(37)34-11-7-29(8-12-34)22-6-5-19(23-16-24-26(27(30)33-23)32-17-31-24)13-25(22)36(28(29)38)21-14-20(15-21)35-9-3-2-4-10-35/h5-6,13,16-17,20-21H,2-4,7-12,14-15H2,1H3,(H,31,32). The summed E-state index contributed by atoms with van der Waals surface area (Å²) in [6, 6.07) is 9.06. The molecule has 0 bridgehead atoms. The Labute approximate surface area is 227 Å². The zero-order valence-electron chi connectivity index (χ0n) is 21.8. The van der Waals surface area contributed by atoms with Crippen molar-refractivity contribution in [2.24, 2.45) is 0 Å². The van der Waals surface area contributed by atoms with Crippen molar-refractivity contribution in [1.29, 1.82) is 0 Å². The quantitative estimate of drug-likeness (QED) is 0.501. The number of pyridine rings is 1. The van der Waals surface area contributed by atoms with Gasteiger partial charge in [-0.2, -0.15) is 0 Å². The van der Waals surface area contributed by atoms with Crippen molar-refractivity contribution in [1.82, 2.24) is 24.8 Å². The van der Waals surface area contributed by atoms with Crippen molar-refractivity contribution in [2.45, 2.75) is 69.4 Å². The first-order chi connectivity index (χ1) is 18.4. The van der Waals surface area contributed by atoms with E-state index in [2.05, 4.69) is 43.0 Å². The number of fused-ring (bicyclic) bond motifs is 3. The minimum Gasteiger partial charge on any atom is -0.344 e. The Morgan fingerprint density at radius 2 is 1.82 bits per heavy atom. The lowest BCUT2D eigenvalue weighted by Gasteiger charge is -2.48. The number of likely N-dealkylation sites (tertiary alicyclic amines) is 2. The number of aromatic nitrogens is 3. The van der Waals surface area contributed by atoms with E-state index in [1.807, 2.05) is 11.0 Å². The van der Waals surface area contributed by atoms with Gasteiger partial charge in [-0.05, 0) is 69.3 Å². The van der Waals surface area contributed by atoms with Crippen LogP contribution in [0.5, 0.6) is 0 Å². The van der Waals surface area contributed by atoms with Gasteiger partial charge in [-0.1, -0.05) is 30.2 Å². The Bertz CT molecular complexity index is 1420. The second kappa shape index (κ2) is 9.06.